The molecule has 250 valence electrons. The quantitative estimate of drug-likeness (QED) is 0.0617. The van der Waals surface area contributed by atoms with Gasteiger partial charge >= 0.3 is 11.9 Å². The first-order valence-electron chi connectivity index (χ1n) is 18.3. The van der Waals surface area contributed by atoms with Gasteiger partial charge in [-0.25, -0.2) is 0 Å². The number of hydrogen-bond donors (Lipinski definition) is 1. The molecule has 0 bridgehead atoms. The van der Waals surface area contributed by atoms with E-state index >= 15 is 0 Å². The number of ether oxygens (including phenoxy) is 2. The van der Waals surface area contributed by atoms with E-state index in [2.05, 4.69) is 27.7 Å². The molecule has 0 aromatic heterocycles. The molecule has 0 fully saturated rings. The van der Waals surface area contributed by atoms with E-state index in [1.54, 1.807) is 0 Å². The fourth-order valence-corrected chi connectivity index (χ4v) is 5.40. The summed E-state index contributed by atoms with van der Waals surface area (Å²) in [5.74, 6) is 1.11. The second-order valence-corrected chi connectivity index (χ2v) is 13.7. The minimum Gasteiger partial charge on any atom is -0.463 e. The van der Waals surface area contributed by atoms with Gasteiger partial charge in [0.2, 0.25) is 0 Å². The number of esters is 2. The summed E-state index contributed by atoms with van der Waals surface area (Å²) in [7, 11) is 0. The van der Waals surface area contributed by atoms with Crippen LogP contribution in [-0.4, -0.2) is 36.4 Å². The number of rotatable bonds is 32. The molecule has 0 aromatic carbocycles. The summed E-state index contributed by atoms with van der Waals surface area (Å²) in [6.45, 7) is 8.98. The average molecular weight is 597 g/mol. The Hall–Kier alpha value is -1.10. The lowest BCUT2D eigenvalue weighted by atomic mass is 10.0. The number of aliphatic hydroxyl groups is 1. The van der Waals surface area contributed by atoms with Gasteiger partial charge in [-0.15, -0.1) is 0 Å². The van der Waals surface area contributed by atoms with Gasteiger partial charge in [-0.3, -0.25) is 9.59 Å². The van der Waals surface area contributed by atoms with Crippen LogP contribution in [0.25, 0.3) is 0 Å². The van der Waals surface area contributed by atoms with Crippen molar-refractivity contribution in [1.29, 1.82) is 0 Å². The summed E-state index contributed by atoms with van der Waals surface area (Å²) in [6, 6.07) is 0. The normalized spacial score (nSPS) is 12.3. The van der Waals surface area contributed by atoms with E-state index in [1.807, 2.05) is 0 Å². The molecule has 0 radical (unpaired) electrons. The summed E-state index contributed by atoms with van der Waals surface area (Å²) >= 11 is 0. The van der Waals surface area contributed by atoms with E-state index in [1.165, 1.54) is 122 Å². The second-order valence-electron chi connectivity index (χ2n) is 13.7. The van der Waals surface area contributed by atoms with Crippen LogP contribution in [0.1, 0.15) is 195 Å². The molecule has 5 nitrogen and oxygen atoms in total. The molecule has 0 aliphatic rings. The van der Waals surface area contributed by atoms with Crippen molar-refractivity contribution in [3.63, 3.8) is 0 Å². The van der Waals surface area contributed by atoms with E-state index in [-0.39, 0.29) is 25.2 Å². The molecule has 0 aromatic rings. The van der Waals surface area contributed by atoms with Crippen LogP contribution in [0.3, 0.4) is 0 Å². The Morgan fingerprint density at radius 1 is 0.429 bits per heavy atom. The van der Waals surface area contributed by atoms with E-state index in [0.717, 1.165) is 43.9 Å². The van der Waals surface area contributed by atoms with Gasteiger partial charge in [0.1, 0.15) is 19.3 Å². The number of unbranched alkanes of at least 4 members (excludes halogenated alkanes) is 20. The number of aliphatic hydroxyl groups excluding tert-OH is 1. The zero-order valence-corrected chi connectivity index (χ0v) is 28.6. The Bertz CT molecular complexity index is 589. The summed E-state index contributed by atoms with van der Waals surface area (Å²) < 4.78 is 10.3. The van der Waals surface area contributed by atoms with Gasteiger partial charge in [0.25, 0.3) is 0 Å². The second kappa shape index (κ2) is 31.3. The van der Waals surface area contributed by atoms with Gasteiger partial charge in [-0.05, 0) is 24.7 Å². The van der Waals surface area contributed by atoms with Crippen molar-refractivity contribution in [2.75, 3.05) is 13.2 Å². The Morgan fingerprint density at radius 3 is 0.929 bits per heavy atom. The SMILES string of the molecule is CC(C)CCCCCCCCCCCCCCCC(=O)OC[C@@H](O)COC(=O)CCCCCCCCCCCC(C)C. The molecular weight excluding hydrogens is 524 g/mol. The zero-order valence-electron chi connectivity index (χ0n) is 28.6. The van der Waals surface area contributed by atoms with Crippen LogP contribution in [0.15, 0.2) is 0 Å². The van der Waals surface area contributed by atoms with Crippen LogP contribution >= 0.6 is 0 Å². The Balaban J connectivity index is 3.40. The van der Waals surface area contributed by atoms with Crippen LogP contribution < -0.4 is 0 Å². The molecule has 0 amide bonds. The highest BCUT2D eigenvalue weighted by atomic mass is 16.6. The molecular formula is C37H72O5. The molecule has 0 saturated carbocycles. The summed E-state index contributed by atoms with van der Waals surface area (Å²) in [6.07, 6.45) is 30.1. The molecule has 5 heteroatoms. The third-order valence-corrected chi connectivity index (χ3v) is 8.20. The fraction of sp³-hybridized carbons (Fsp3) is 0.946. The van der Waals surface area contributed by atoms with E-state index in [9.17, 15) is 14.7 Å². The zero-order chi connectivity index (χ0) is 31.1. The maximum atomic E-state index is 11.9. The van der Waals surface area contributed by atoms with Crippen LogP contribution in [0, 0.1) is 11.8 Å². The van der Waals surface area contributed by atoms with E-state index in [4.69, 9.17) is 9.47 Å². The molecule has 1 atom stereocenters. The predicted octanol–water partition coefficient (Wildman–Crippen LogP) is 10.9. The van der Waals surface area contributed by atoms with Crippen molar-refractivity contribution in [1.82, 2.24) is 0 Å². The van der Waals surface area contributed by atoms with Gasteiger partial charge in [-0.1, -0.05) is 169 Å². The molecule has 42 heavy (non-hydrogen) atoms. The van der Waals surface area contributed by atoms with Crippen molar-refractivity contribution < 1.29 is 24.2 Å². The largest absolute Gasteiger partial charge is 0.463 e. The minimum absolute atomic E-state index is 0.110. The number of carbonyl (C=O) groups excluding carboxylic acids is 2. The number of carbonyl (C=O) groups is 2. The Morgan fingerprint density at radius 2 is 0.667 bits per heavy atom. The van der Waals surface area contributed by atoms with Gasteiger partial charge in [-0.2, -0.15) is 0 Å². The monoisotopic (exact) mass is 597 g/mol. The molecule has 0 spiro atoms. The van der Waals surface area contributed by atoms with E-state index in [0.29, 0.717) is 12.8 Å². The van der Waals surface area contributed by atoms with Gasteiger partial charge in [0, 0.05) is 12.8 Å². The maximum Gasteiger partial charge on any atom is 0.305 e. The first-order chi connectivity index (χ1) is 20.3. The summed E-state index contributed by atoms with van der Waals surface area (Å²) in [5.41, 5.74) is 0. The minimum atomic E-state index is -0.955. The van der Waals surface area contributed by atoms with Gasteiger partial charge in [0.05, 0.1) is 0 Å². The average Bonchev–Trinajstić information content (AvgIpc) is 2.95. The van der Waals surface area contributed by atoms with Crippen molar-refractivity contribution in [3.8, 4) is 0 Å². The highest BCUT2D eigenvalue weighted by Gasteiger charge is 2.12. The van der Waals surface area contributed by atoms with Crippen molar-refractivity contribution in [2.24, 2.45) is 11.8 Å². The summed E-state index contributed by atoms with van der Waals surface area (Å²) in [4.78, 5) is 23.8. The van der Waals surface area contributed by atoms with Crippen LogP contribution in [-0.2, 0) is 19.1 Å². The third kappa shape index (κ3) is 33.4. The Kier molecular flexibility index (Phi) is 30.5. The first kappa shape index (κ1) is 40.9. The van der Waals surface area contributed by atoms with Crippen LogP contribution in [0.4, 0.5) is 0 Å². The van der Waals surface area contributed by atoms with Crippen LogP contribution in [0.5, 0.6) is 0 Å². The molecule has 0 saturated heterocycles. The number of hydrogen-bond acceptors (Lipinski definition) is 5. The van der Waals surface area contributed by atoms with Gasteiger partial charge in [0.15, 0.2) is 0 Å². The fourth-order valence-electron chi connectivity index (χ4n) is 5.40. The summed E-state index contributed by atoms with van der Waals surface area (Å²) in [5, 5.41) is 9.98. The third-order valence-electron chi connectivity index (χ3n) is 8.20. The standard InChI is InChI=1S/C37H72O5/c1-33(2)27-23-19-15-11-8-6-5-7-9-13-17-21-25-29-36(39)41-31-35(38)32-42-37(40)30-26-22-18-14-10-12-16-20-24-28-34(3)4/h33-35,38H,5-32H2,1-4H3/t35-/m1/s1. The molecule has 1 N–H and O–H groups in total. The van der Waals surface area contributed by atoms with E-state index < -0.39 is 6.10 Å². The Labute approximate surface area is 261 Å². The molecule has 0 rings (SSSR count). The van der Waals surface area contributed by atoms with Crippen LogP contribution in [0.2, 0.25) is 0 Å². The van der Waals surface area contributed by atoms with Crippen molar-refractivity contribution >= 4 is 11.9 Å². The lowest BCUT2D eigenvalue weighted by Crippen LogP contribution is -2.25. The topological polar surface area (TPSA) is 72.8 Å². The van der Waals surface area contributed by atoms with Gasteiger partial charge < -0.3 is 14.6 Å². The molecule has 0 aliphatic carbocycles. The maximum absolute atomic E-state index is 11.9. The smallest absolute Gasteiger partial charge is 0.305 e. The lowest BCUT2D eigenvalue weighted by Gasteiger charge is -2.12. The molecule has 0 aliphatic heterocycles. The lowest BCUT2D eigenvalue weighted by molar-refractivity contribution is -0.152. The highest BCUT2D eigenvalue weighted by molar-refractivity contribution is 5.69. The molecule has 0 heterocycles. The molecule has 0 unspecified atom stereocenters. The van der Waals surface area contributed by atoms with Crippen molar-refractivity contribution in [2.45, 2.75) is 201 Å². The highest BCUT2D eigenvalue weighted by Crippen LogP contribution is 2.16. The first-order valence-corrected chi connectivity index (χ1v) is 18.3. The predicted molar refractivity (Wildman–Crippen MR) is 178 cm³/mol. The van der Waals surface area contributed by atoms with Crippen molar-refractivity contribution in [3.05, 3.63) is 0 Å².